The molecule has 184 valence electrons. The molecule has 5 rings (SSSR count). The van der Waals surface area contributed by atoms with Gasteiger partial charge in [-0.1, -0.05) is 11.6 Å². The van der Waals surface area contributed by atoms with Crippen molar-refractivity contribution in [1.29, 1.82) is 0 Å². The van der Waals surface area contributed by atoms with Crippen molar-refractivity contribution in [2.45, 2.75) is 31.5 Å². The molecule has 1 saturated heterocycles. The lowest BCUT2D eigenvalue weighted by atomic mass is 10.00. The van der Waals surface area contributed by atoms with E-state index in [1.807, 2.05) is 24.3 Å². The Morgan fingerprint density at radius 2 is 2.23 bits per heavy atom. The fourth-order valence-corrected chi connectivity index (χ4v) is 4.87. The molecule has 2 aliphatic heterocycles. The number of aliphatic hydroxyl groups excluding tert-OH is 1. The van der Waals surface area contributed by atoms with Gasteiger partial charge in [0.2, 0.25) is 0 Å². The lowest BCUT2D eigenvalue weighted by Gasteiger charge is -2.36. The van der Waals surface area contributed by atoms with Crippen LogP contribution in [0.5, 0.6) is 11.5 Å². The number of β-amino-alcohol motifs (C(OH)–C–C–N with tert-alkyl or cyclic N) is 1. The van der Waals surface area contributed by atoms with Gasteiger partial charge in [-0.2, -0.15) is 0 Å². The minimum atomic E-state index is -0.505. The highest BCUT2D eigenvalue weighted by Gasteiger charge is 2.27. The molecule has 0 spiro atoms. The minimum Gasteiger partial charge on any atom is -0.497 e. The maximum Gasteiger partial charge on any atom is 0.263 e. The predicted molar refractivity (Wildman–Crippen MR) is 133 cm³/mol. The normalized spacial score (nSPS) is 20.3. The highest BCUT2D eigenvalue weighted by atomic mass is 35.5. The van der Waals surface area contributed by atoms with Crippen LogP contribution in [0, 0.1) is 0 Å². The number of nitrogens with one attached hydrogen (secondary N) is 2. The molecule has 35 heavy (non-hydrogen) atoms. The quantitative estimate of drug-likeness (QED) is 0.456. The third-order valence-corrected chi connectivity index (χ3v) is 6.88. The van der Waals surface area contributed by atoms with Crippen molar-refractivity contribution in [2.75, 3.05) is 38.7 Å². The van der Waals surface area contributed by atoms with E-state index in [9.17, 15) is 9.90 Å². The van der Waals surface area contributed by atoms with Gasteiger partial charge in [0.25, 0.3) is 5.91 Å². The molecule has 2 aliphatic rings. The van der Waals surface area contributed by atoms with E-state index in [0.29, 0.717) is 29.7 Å². The van der Waals surface area contributed by atoms with Crippen molar-refractivity contribution < 1.29 is 19.4 Å². The number of methoxy groups -OCH3 is 1. The highest BCUT2D eigenvalue weighted by molar-refractivity contribution is 6.32. The van der Waals surface area contributed by atoms with Crippen LogP contribution in [0.15, 0.2) is 36.5 Å². The maximum absolute atomic E-state index is 11.5. The van der Waals surface area contributed by atoms with Crippen LogP contribution in [0.2, 0.25) is 5.02 Å². The fraction of sp³-hybridized carbons (Fsp3) is 0.400. The largest absolute Gasteiger partial charge is 0.497 e. The summed E-state index contributed by atoms with van der Waals surface area (Å²) in [5, 5.41) is 18.5. The zero-order valence-electron chi connectivity index (χ0n) is 19.5. The Morgan fingerprint density at radius 1 is 1.34 bits per heavy atom. The molecule has 0 bridgehead atoms. The Hall–Kier alpha value is -2.98. The number of nitrogens with zero attached hydrogens (tertiary/aromatic N) is 3. The molecule has 10 heteroatoms. The second-order valence-corrected chi connectivity index (χ2v) is 9.26. The first-order chi connectivity index (χ1) is 17.0. The van der Waals surface area contributed by atoms with Crippen LogP contribution < -0.4 is 20.1 Å². The molecule has 0 radical (unpaired) electrons. The molecule has 9 nitrogen and oxygen atoms in total. The smallest absolute Gasteiger partial charge is 0.263 e. The monoisotopic (exact) mass is 497 g/mol. The van der Waals surface area contributed by atoms with Gasteiger partial charge in [0.1, 0.15) is 5.75 Å². The summed E-state index contributed by atoms with van der Waals surface area (Å²) < 4.78 is 10.7. The molecule has 4 heterocycles. The van der Waals surface area contributed by atoms with Gasteiger partial charge in [0, 0.05) is 37.3 Å². The number of amides is 1. The number of halogens is 1. The number of carbonyl (C=O) groups is 1. The number of fused-ring (bicyclic) bond motifs is 2. The molecular weight excluding hydrogens is 470 g/mol. The number of hydrogen-bond acceptors (Lipinski definition) is 8. The van der Waals surface area contributed by atoms with Crippen LogP contribution in [0.1, 0.15) is 17.7 Å². The number of likely N-dealkylation sites (tertiary alicyclic amines) is 1. The van der Waals surface area contributed by atoms with E-state index in [1.54, 1.807) is 19.4 Å². The van der Waals surface area contributed by atoms with E-state index in [1.165, 1.54) is 0 Å². The Bertz CT molecular complexity index is 1240. The van der Waals surface area contributed by atoms with Crippen molar-refractivity contribution >= 4 is 34.2 Å². The van der Waals surface area contributed by atoms with E-state index in [2.05, 4.69) is 25.5 Å². The molecule has 1 aromatic carbocycles. The summed E-state index contributed by atoms with van der Waals surface area (Å²) in [6, 6.07) is 9.44. The number of rotatable bonds is 7. The lowest BCUT2D eigenvalue weighted by Crippen LogP contribution is -2.52. The molecule has 2 atom stereocenters. The van der Waals surface area contributed by atoms with Gasteiger partial charge in [-0.05, 0) is 55.3 Å². The van der Waals surface area contributed by atoms with E-state index in [4.69, 9.17) is 21.1 Å². The third-order valence-electron chi connectivity index (χ3n) is 6.56. The van der Waals surface area contributed by atoms with Gasteiger partial charge in [-0.15, -0.1) is 0 Å². The zero-order chi connectivity index (χ0) is 24.4. The number of aromatic nitrogens is 2. The van der Waals surface area contributed by atoms with Crippen LogP contribution in [0.25, 0.3) is 10.9 Å². The summed E-state index contributed by atoms with van der Waals surface area (Å²) >= 11 is 6.50. The second kappa shape index (κ2) is 10.3. The molecule has 3 aromatic rings. The summed E-state index contributed by atoms with van der Waals surface area (Å²) in [6.45, 7) is 2.72. The number of carbonyl (C=O) groups excluding carboxylic acids is 1. The number of aliphatic hydroxyl groups is 1. The van der Waals surface area contributed by atoms with Gasteiger partial charge >= 0.3 is 0 Å². The summed E-state index contributed by atoms with van der Waals surface area (Å²) in [7, 11) is 1.65. The fourth-order valence-electron chi connectivity index (χ4n) is 4.63. The molecule has 3 N–H and O–H groups in total. The van der Waals surface area contributed by atoms with E-state index in [0.717, 1.165) is 53.8 Å². The van der Waals surface area contributed by atoms with E-state index >= 15 is 0 Å². The summed E-state index contributed by atoms with van der Waals surface area (Å²) in [5.74, 6) is 1.57. The SMILES string of the molecule is COc1ccc2ncc(Cl)c(CCN3CC[C@@H](NCc4ccc5c(n4)NC(=O)CO5)[C@@H](O)C3)c2c1. The van der Waals surface area contributed by atoms with Crippen molar-refractivity contribution in [2.24, 2.45) is 0 Å². The van der Waals surface area contributed by atoms with Crippen LogP contribution in [-0.2, 0) is 17.8 Å². The molecular formula is C25H28ClN5O4. The van der Waals surface area contributed by atoms with Crippen LogP contribution in [-0.4, -0.2) is 71.4 Å². The Morgan fingerprint density at radius 3 is 3.06 bits per heavy atom. The molecule has 1 amide bonds. The lowest BCUT2D eigenvalue weighted by molar-refractivity contribution is -0.118. The van der Waals surface area contributed by atoms with Gasteiger partial charge in [0.15, 0.2) is 18.2 Å². The first kappa shape index (κ1) is 23.7. The van der Waals surface area contributed by atoms with E-state index in [-0.39, 0.29) is 18.6 Å². The van der Waals surface area contributed by atoms with Crippen LogP contribution >= 0.6 is 11.6 Å². The highest BCUT2D eigenvalue weighted by Crippen LogP contribution is 2.29. The molecule has 0 unspecified atom stereocenters. The Balaban J connectivity index is 1.16. The van der Waals surface area contributed by atoms with Crippen molar-refractivity contribution in [3.05, 3.63) is 52.8 Å². The Labute approximate surface area is 208 Å². The number of pyridine rings is 2. The van der Waals surface area contributed by atoms with Gasteiger partial charge in [0.05, 0.1) is 29.4 Å². The number of hydrogen-bond donors (Lipinski definition) is 3. The number of benzene rings is 1. The van der Waals surface area contributed by atoms with Gasteiger partial charge < -0.3 is 30.1 Å². The van der Waals surface area contributed by atoms with Crippen LogP contribution in [0.3, 0.4) is 0 Å². The minimum absolute atomic E-state index is 0.00876. The molecule has 1 fully saturated rings. The summed E-state index contributed by atoms with van der Waals surface area (Å²) in [4.78, 5) is 22.7. The van der Waals surface area contributed by atoms with Crippen molar-refractivity contribution in [1.82, 2.24) is 20.2 Å². The predicted octanol–water partition coefficient (Wildman–Crippen LogP) is 2.39. The Kier molecular flexibility index (Phi) is 7.01. The molecule has 0 saturated carbocycles. The molecule has 2 aromatic heterocycles. The maximum atomic E-state index is 11.5. The third kappa shape index (κ3) is 5.33. The van der Waals surface area contributed by atoms with Crippen molar-refractivity contribution in [3.8, 4) is 11.5 Å². The van der Waals surface area contributed by atoms with E-state index < -0.39 is 6.10 Å². The summed E-state index contributed by atoms with van der Waals surface area (Å²) in [6.07, 6.45) is 2.75. The topological polar surface area (TPSA) is 109 Å². The standard InChI is InChI=1S/C25H28ClN5O4/c1-34-16-3-4-20-18(10-16)17(19(26)12-28-20)6-8-31-9-7-21(22(32)13-31)27-11-15-2-5-23-25(29-15)30-24(33)14-35-23/h2-5,10,12,21-22,27,32H,6-9,11,13-14H2,1H3,(H,29,30,33)/t21-,22+/m1/s1. The van der Waals surface area contributed by atoms with Crippen molar-refractivity contribution in [3.63, 3.8) is 0 Å². The zero-order valence-corrected chi connectivity index (χ0v) is 20.2. The second-order valence-electron chi connectivity index (χ2n) is 8.85. The number of piperidine rings is 1. The number of anilines is 1. The van der Waals surface area contributed by atoms with Crippen LogP contribution in [0.4, 0.5) is 5.82 Å². The average molecular weight is 498 g/mol. The summed E-state index contributed by atoms with van der Waals surface area (Å²) in [5.41, 5.74) is 2.70. The van der Waals surface area contributed by atoms with Gasteiger partial charge in [-0.25, -0.2) is 4.98 Å². The first-order valence-electron chi connectivity index (χ1n) is 11.7. The molecule has 0 aliphatic carbocycles. The number of ether oxygens (including phenoxy) is 2. The average Bonchev–Trinajstić information content (AvgIpc) is 2.87. The first-order valence-corrected chi connectivity index (χ1v) is 12.1. The van der Waals surface area contributed by atoms with Gasteiger partial charge in [-0.3, -0.25) is 9.78 Å².